The van der Waals surface area contributed by atoms with E-state index in [1.165, 1.54) is 6.92 Å². The Morgan fingerprint density at radius 1 is 1.47 bits per heavy atom. The van der Waals surface area contributed by atoms with E-state index >= 15 is 0 Å². The minimum absolute atomic E-state index is 0.0219. The molecule has 0 aromatic heterocycles. The largest absolute Gasteiger partial charge is 0.433 e. The van der Waals surface area contributed by atoms with Crippen molar-refractivity contribution < 1.29 is 22.7 Å². The lowest BCUT2D eigenvalue weighted by Gasteiger charge is -2.08. The molecule has 0 N–H and O–H groups in total. The van der Waals surface area contributed by atoms with Gasteiger partial charge in [-0.05, 0) is 35.0 Å². The summed E-state index contributed by atoms with van der Waals surface area (Å²) in [7, 11) is 0. The number of hydrogen-bond donors (Lipinski definition) is 0. The Kier molecular flexibility index (Phi) is 3.73. The third-order valence-corrected chi connectivity index (χ3v) is 2.39. The first-order valence-corrected chi connectivity index (χ1v) is 4.66. The van der Waals surface area contributed by atoms with E-state index in [9.17, 15) is 18.0 Å². The minimum Gasteiger partial charge on any atom is -0.433 e. The van der Waals surface area contributed by atoms with Crippen LogP contribution < -0.4 is 4.74 Å². The Labute approximate surface area is 92.2 Å². The van der Waals surface area contributed by atoms with Crippen molar-refractivity contribution in [3.05, 3.63) is 28.0 Å². The van der Waals surface area contributed by atoms with Crippen LogP contribution in [0.1, 0.15) is 17.3 Å². The molecule has 0 saturated heterocycles. The number of hydrogen-bond acceptors (Lipinski definition) is 2. The quantitative estimate of drug-likeness (QED) is 0.795. The van der Waals surface area contributed by atoms with Crippen LogP contribution in [-0.4, -0.2) is 12.4 Å². The lowest BCUT2D eigenvalue weighted by Crippen LogP contribution is -2.05. The van der Waals surface area contributed by atoms with Crippen LogP contribution in [-0.2, 0) is 0 Å². The van der Waals surface area contributed by atoms with E-state index < -0.39 is 24.0 Å². The number of rotatable bonds is 3. The van der Waals surface area contributed by atoms with E-state index in [1.54, 1.807) is 0 Å². The molecule has 0 unspecified atom stereocenters. The fourth-order valence-electron chi connectivity index (χ4n) is 0.949. The van der Waals surface area contributed by atoms with Gasteiger partial charge < -0.3 is 4.74 Å². The highest BCUT2D eigenvalue weighted by atomic mass is 79.9. The number of ketones is 1. The van der Waals surface area contributed by atoms with Gasteiger partial charge in [-0.25, -0.2) is 4.39 Å². The van der Waals surface area contributed by atoms with Gasteiger partial charge in [0.25, 0.3) is 0 Å². The Hall–Kier alpha value is -1.04. The lowest BCUT2D eigenvalue weighted by atomic mass is 10.1. The second-order valence-electron chi connectivity index (χ2n) is 2.70. The molecule has 0 amide bonds. The van der Waals surface area contributed by atoms with Crippen molar-refractivity contribution in [2.24, 2.45) is 0 Å². The maximum atomic E-state index is 13.1. The van der Waals surface area contributed by atoms with Gasteiger partial charge in [0, 0.05) is 5.56 Å². The van der Waals surface area contributed by atoms with Crippen molar-refractivity contribution >= 4 is 21.7 Å². The standard InChI is InChI=1S/C9H6BrF3O2/c1-4(14)5-2-6(11)8(10)7(3-5)15-9(12)13/h2-3,9H,1H3. The molecular weight excluding hydrogens is 277 g/mol. The summed E-state index contributed by atoms with van der Waals surface area (Å²) < 4.78 is 40.8. The molecule has 2 nitrogen and oxygen atoms in total. The fourth-order valence-corrected chi connectivity index (χ4v) is 1.27. The molecule has 0 aliphatic rings. The van der Waals surface area contributed by atoms with Crippen LogP contribution in [0.5, 0.6) is 5.75 Å². The smallest absolute Gasteiger partial charge is 0.387 e. The van der Waals surface area contributed by atoms with Crippen molar-refractivity contribution in [1.29, 1.82) is 0 Å². The van der Waals surface area contributed by atoms with Crippen molar-refractivity contribution in [3.8, 4) is 5.75 Å². The first-order valence-electron chi connectivity index (χ1n) is 3.86. The van der Waals surface area contributed by atoms with Gasteiger partial charge >= 0.3 is 6.61 Å². The second kappa shape index (κ2) is 4.65. The van der Waals surface area contributed by atoms with Gasteiger partial charge in [0.15, 0.2) is 5.78 Å². The van der Waals surface area contributed by atoms with E-state index in [-0.39, 0.29) is 10.0 Å². The van der Waals surface area contributed by atoms with Gasteiger partial charge in [0.1, 0.15) is 11.6 Å². The summed E-state index contributed by atoms with van der Waals surface area (Å²) in [6.45, 7) is -1.86. The number of alkyl halides is 2. The predicted octanol–water partition coefficient (Wildman–Crippen LogP) is 3.39. The van der Waals surface area contributed by atoms with Gasteiger partial charge in [0.2, 0.25) is 0 Å². The van der Waals surface area contributed by atoms with Gasteiger partial charge in [0.05, 0.1) is 4.47 Å². The van der Waals surface area contributed by atoms with Crippen LogP contribution in [0.2, 0.25) is 0 Å². The average molecular weight is 283 g/mol. The van der Waals surface area contributed by atoms with Gasteiger partial charge in [-0.15, -0.1) is 0 Å². The molecular formula is C9H6BrF3O2. The Morgan fingerprint density at radius 2 is 2.07 bits per heavy atom. The lowest BCUT2D eigenvalue weighted by molar-refractivity contribution is -0.0505. The third-order valence-electron chi connectivity index (χ3n) is 1.62. The molecule has 82 valence electrons. The predicted molar refractivity (Wildman–Crippen MR) is 50.7 cm³/mol. The van der Waals surface area contributed by atoms with Gasteiger partial charge in [-0.1, -0.05) is 0 Å². The number of ether oxygens (including phenoxy) is 1. The number of carbonyl (C=O) groups is 1. The van der Waals surface area contributed by atoms with E-state index in [2.05, 4.69) is 20.7 Å². The van der Waals surface area contributed by atoms with Crippen LogP contribution in [0, 0.1) is 5.82 Å². The first-order chi connectivity index (χ1) is 6.91. The van der Waals surface area contributed by atoms with Crippen molar-refractivity contribution in [2.75, 3.05) is 0 Å². The normalized spacial score (nSPS) is 10.5. The highest BCUT2D eigenvalue weighted by Crippen LogP contribution is 2.30. The molecule has 1 aromatic carbocycles. The van der Waals surface area contributed by atoms with Crippen LogP contribution in [0.3, 0.4) is 0 Å². The maximum absolute atomic E-state index is 13.1. The molecule has 0 aliphatic carbocycles. The van der Waals surface area contributed by atoms with Crippen LogP contribution in [0.15, 0.2) is 16.6 Å². The molecule has 0 radical (unpaired) electrons. The highest BCUT2D eigenvalue weighted by Gasteiger charge is 2.15. The zero-order chi connectivity index (χ0) is 11.6. The summed E-state index contributed by atoms with van der Waals surface area (Å²) in [4.78, 5) is 10.9. The number of benzene rings is 1. The van der Waals surface area contributed by atoms with E-state index in [1.807, 2.05) is 0 Å². The molecule has 0 spiro atoms. The van der Waals surface area contributed by atoms with Gasteiger partial charge in [-0.2, -0.15) is 8.78 Å². The van der Waals surface area contributed by atoms with Crippen LogP contribution in [0.4, 0.5) is 13.2 Å². The molecule has 0 saturated carbocycles. The zero-order valence-corrected chi connectivity index (χ0v) is 9.15. The van der Waals surface area contributed by atoms with E-state index in [0.717, 1.165) is 12.1 Å². The van der Waals surface area contributed by atoms with Crippen molar-refractivity contribution in [3.63, 3.8) is 0 Å². The molecule has 1 aromatic rings. The molecule has 6 heteroatoms. The first kappa shape index (κ1) is 12.0. The van der Waals surface area contributed by atoms with E-state index in [4.69, 9.17) is 0 Å². The summed E-state index contributed by atoms with van der Waals surface area (Å²) in [5, 5.41) is 0. The Morgan fingerprint density at radius 3 is 2.53 bits per heavy atom. The van der Waals surface area contributed by atoms with E-state index in [0.29, 0.717) is 0 Å². The zero-order valence-electron chi connectivity index (χ0n) is 7.56. The molecule has 0 atom stereocenters. The van der Waals surface area contributed by atoms with Crippen LogP contribution in [0.25, 0.3) is 0 Å². The summed E-state index contributed by atoms with van der Waals surface area (Å²) in [6, 6.07) is 2.01. The molecule has 0 heterocycles. The summed E-state index contributed by atoms with van der Waals surface area (Å²) >= 11 is 2.75. The fraction of sp³-hybridized carbons (Fsp3) is 0.222. The third kappa shape index (κ3) is 2.95. The average Bonchev–Trinajstić information content (AvgIpc) is 2.11. The van der Waals surface area contributed by atoms with Crippen molar-refractivity contribution in [2.45, 2.75) is 13.5 Å². The molecule has 1 rings (SSSR count). The second-order valence-corrected chi connectivity index (χ2v) is 3.50. The number of halogens is 4. The summed E-state index contributed by atoms with van der Waals surface area (Å²) in [6.07, 6.45) is 0. The van der Waals surface area contributed by atoms with Crippen molar-refractivity contribution in [1.82, 2.24) is 0 Å². The Bertz CT molecular complexity index is 393. The molecule has 15 heavy (non-hydrogen) atoms. The topological polar surface area (TPSA) is 26.3 Å². The summed E-state index contributed by atoms with van der Waals surface area (Å²) in [5.74, 6) is -1.64. The monoisotopic (exact) mass is 282 g/mol. The minimum atomic E-state index is -3.07. The Balaban J connectivity index is 3.19. The molecule has 0 fully saturated rings. The number of carbonyl (C=O) groups excluding carboxylic acids is 1. The summed E-state index contributed by atoms with van der Waals surface area (Å²) in [5.41, 5.74) is -0.0219. The SMILES string of the molecule is CC(=O)c1cc(F)c(Br)c(OC(F)F)c1. The van der Waals surface area contributed by atoms with Crippen LogP contribution >= 0.6 is 15.9 Å². The highest BCUT2D eigenvalue weighted by molar-refractivity contribution is 9.10. The maximum Gasteiger partial charge on any atom is 0.387 e. The van der Waals surface area contributed by atoms with Gasteiger partial charge in [-0.3, -0.25) is 4.79 Å². The number of Topliss-reactive ketones (excluding diaryl/α,β-unsaturated/α-hetero) is 1. The molecule has 0 bridgehead atoms. The molecule has 0 aliphatic heterocycles.